The maximum atomic E-state index is 11.7. The second-order valence-corrected chi connectivity index (χ2v) is 7.48. The van der Waals surface area contributed by atoms with Crippen molar-refractivity contribution in [2.45, 2.75) is 72.4 Å². The molecular weight excluding hydrogens is 256 g/mol. The second-order valence-electron chi connectivity index (χ2n) is 7.48. The predicted molar refractivity (Wildman–Crippen MR) is 80.6 cm³/mol. The maximum absolute atomic E-state index is 11.7. The average molecular weight is 286 g/mol. The molecule has 0 unspecified atom stereocenters. The molecule has 0 aliphatic carbocycles. The lowest BCUT2D eigenvalue weighted by molar-refractivity contribution is -0.140. The molecule has 118 valence electrons. The van der Waals surface area contributed by atoms with E-state index in [0.717, 1.165) is 6.42 Å². The highest BCUT2D eigenvalue weighted by Crippen LogP contribution is 2.17. The fourth-order valence-corrected chi connectivity index (χ4v) is 1.72. The lowest BCUT2D eigenvalue weighted by Gasteiger charge is -2.26. The smallest absolute Gasteiger partial charge is 0.320 e. The van der Waals surface area contributed by atoms with Gasteiger partial charge >= 0.3 is 5.97 Å². The standard InChI is InChI=1S/C15H30N2O3/c1-14(2,3)9-10-16-12(18)8-7-11(13(19)20)17-15(4,5)6/h11,17H,7-10H2,1-6H3,(H,16,18)(H,19,20)/t11-/m0/s1. The minimum Gasteiger partial charge on any atom is -0.480 e. The van der Waals surface area contributed by atoms with E-state index in [4.69, 9.17) is 5.11 Å². The molecule has 0 rings (SSSR count). The van der Waals surface area contributed by atoms with Crippen molar-refractivity contribution in [3.63, 3.8) is 0 Å². The van der Waals surface area contributed by atoms with Crippen LogP contribution in [0.3, 0.4) is 0 Å². The molecule has 0 aromatic heterocycles. The van der Waals surface area contributed by atoms with Gasteiger partial charge in [-0.15, -0.1) is 0 Å². The molecule has 0 aliphatic rings. The zero-order valence-corrected chi connectivity index (χ0v) is 13.7. The van der Waals surface area contributed by atoms with Crippen molar-refractivity contribution >= 4 is 11.9 Å². The Morgan fingerprint density at radius 3 is 2.05 bits per heavy atom. The van der Waals surface area contributed by atoms with Gasteiger partial charge in [-0.2, -0.15) is 0 Å². The van der Waals surface area contributed by atoms with E-state index in [1.54, 1.807) is 0 Å². The molecule has 0 aliphatic heterocycles. The normalized spacial score (nSPS) is 13.9. The summed E-state index contributed by atoms with van der Waals surface area (Å²) in [5.41, 5.74) is -0.101. The molecule has 20 heavy (non-hydrogen) atoms. The van der Waals surface area contributed by atoms with E-state index in [9.17, 15) is 9.59 Å². The first-order valence-corrected chi connectivity index (χ1v) is 7.18. The largest absolute Gasteiger partial charge is 0.480 e. The van der Waals surface area contributed by atoms with Gasteiger partial charge in [0.2, 0.25) is 5.91 Å². The predicted octanol–water partition coefficient (Wildman–Crippen LogP) is 2.16. The van der Waals surface area contributed by atoms with Gasteiger partial charge in [0.05, 0.1) is 0 Å². The van der Waals surface area contributed by atoms with E-state index in [-0.39, 0.29) is 23.3 Å². The highest BCUT2D eigenvalue weighted by Gasteiger charge is 2.23. The van der Waals surface area contributed by atoms with Crippen LogP contribution in [0, 0.1) is 5.41 Å². The number of aliphatic carboxylic acids is 1. The average Bonchev–Trinajstić information content (AvgIpc) is 2.20. The third-order valence-corrected chi connectivity index (χ3v) is 2.76. The summed E-state index contributed by atoms with van der Waals surface area (Å²) >= 11 is 0. The molecule has 0 aromatic rings. The molecule has 5 heteroatoms. The van der Waals surface area contributed by atoms with Crippen LogP contribution in [0.4, 0.5) is 0 Å². The third-order valence-electron chi connectivity index (χ3n) is 2.76. The molecule has 0 radical (unpaired) electrons. The van der Waals surface area contributed by atoms with Crippen LogP contribution in [-0.2, 0) is 9.59 Å². The van der Waals surface area contributed by atoms with Gasteiger partial charge in [-0.1, -0.05) is 20.8 Å². The van der Waals surface area contributed by atoms with Gasteiger partial charge in [-0.25, -0.2) is 0 Å². The quantitative estimate of drug-likeness (QED) is 0.670. The van der Waals surface area contributed by atoms with Crippen molar-refractivity contribution in [3.05, 3.63) is 0 Å². The fourth-order valence-electron chi connectivity index (χ4n) is 1.72. The number of carboxylic acids is 1. The number of amides is 1. The van der Waals surface area contributed by atoms with Gasteiger partial charge in [-0.05, 0) is 39.0 Å². The topological polar surface area (TPSA) is 78.4 Å². The lowest BCUT2D eigenvalue weighted by atomic mass is 9.92. The van der Waals surface area contributed by atoms with E-state index in [2.05, 4.69) is 31.4 Å². The first kappa shape index (κ1) is 18.9. The Kier molecular flexibility index (Phi) is 7.20. The molecule has 0 saturated carbocycles. The van der Waals surface area contributed by atoms with Crippen molar-refractivity contribution in [2.24, 2.45) is 5.41 Å². The highest BCUT2D eigenvalue weighted by molar-refractivity contribution is 5.78. The lowest BCUT2D eigenvalue weighted by Crippen LogP contribution is -2.48. The molecule has 1 atom stereocenters. The van der Waals surface area contributed by atoms with Crippen LogP contribution in [0.1, 0.15) is 60.8 Å². The number of nitrogens with one attached hydrogen (secondary N) is 2. The molecule has 0 spiro atoms. The molecule has 0 fully saturated rings. The van der Waals surface area contributed by atoms with Gasteiger partial charge in [0.1, 0.15) is 6.04 Å². The van der Waals surface area contributed by atoms with Crippen LogP contribution >= 0.6 is 0 Å². The SMILES string of the molecule is CC(C)(C)CCNC(=O)CC[C@H](NC(C)(C)C)C(=O)O. The summed E-state index contributed by atoms with van der Waals surface area (Å²) in [6.07, 6.45) is 1.43. The summed E-state index contributed by atoms with van der Waals surface area (Å²) in [6.45, 7) is 12.7. The number of carbonyl (C=O) groups excluding carboxylic acids is 1. The van der Waals surface area contributed by atoms with Gasteiger partial charge in [0.15, 0.2) is 0 Å². The Balaban J connectivity index is 4.10. The zero-order chi connectivity index (χ0) is 16.0. The van der Waals surface area contributed by atoms with E-state index in [1.807, 2.05) is 20.8 Å². The Morgan fingerprint density at radius 2 is 1.65 bits per heavy atom. The van der Waals surface area contributed by atoms with Crippen LogP contribution in [0.25, 0.3) is 0 Å². The number of rotatable bonds is 7. The summed E-state index contributed by atoms with van der Waals surface area (Å²) in [4.78, 5) is 22.8. The van der Waals surface area contributed by atoms with E-state index in [1.165, 1.54) is 0 Å². The molecule has 5 nitrogen and oxygen atoms in total. The third kappa shape index (κ3) is 10.8. The zero-order valence-electron chi connectivity index (χ0n) is 13.7. The van der Waals surface area contributed by atoms with Crippen LogP contribution < -0.4 is 10.6 Å². The first-order chi connectivity index (χ1) is 8.91. The van der Waals surface area contributed by atoms with Gasteiger partial charge in [0, 0.05) is 18.5 Å². The number of hydrogen-bond acceptors (Lipinski definition) is 3. The molecule has 0 saturated heterocycles. The molecule has 3 N–H and O–H groups in total. The van der Waals surface area contributed by atoms with Crippen LogP contribution in [0.5, 0.6) is 0 Å². The monoisotopic (exact) mass is 286 g/mol. The van der Waals surface area contributed by atoms with Crippen molar-refractivity contribution in [2.75, 3.05) is 6.54 Å². The van der Waals surface area contributed by atoms with E-state index >= 15 is 0 Å². The summed E-state index contributed by atoms with van der Waals surface area (Å²) in [6, 6.07) is -0.691. The first-order valence-electron chi connectivity index (χ1n) is 7.18. The van der Waals surface area contributed by atoms with Crippen molar-refractivity contribution in [1.82, 2.24) is 10.6 Å². The van der Waals surface area contributed by atoms with Gasteiger partial charge in [0.25, 0.3) is 0 Å². The summed E-state index contributed by atoms with van der Waals surface area (Å²) in [7, 11) is 0. The molecule has 0 aromatic carbocycles. The fraction of sp³-hybridized carbons (Fsp3) is 0.867. The maximum Gasteiger partial charge on any atom is 0.320 e. The summed E-state index contributed by atoms with van der Waals surface area (Å²) in [5.74, 6) is -1.00. The van der Waals surface area contributed by atoms with Gasteiger partial charge < -0.3 is 10.4 Å². The molecule has 0 bridgehead atoms. The highest BCUT2D eigenvalue weighted by atomic mass is 16.4. The Morgan fingerprint density at radius 1 is 1.10 bits per heavy atom. The number of hydrogen-bond donors (Lipinski definition) is 3. The van der Waals surface area contributed by atoms with Crippen molar-refractivity contribution in [3.8, 4) is 0 Å². The Hall–Kier alpha value is -1.10. The molecule has 0 heterocycles. The van der Waals surface area contributed by atoms with Crippen LogP contribution in [0.2, 0.25) is 0 Å². The summed E-state index contributed by atoms with van der Waals surface area (Å²) in [5, 5.41) is 15.0. The van der Waals surface area contributed by atoms with Crippen molar-refractivity contribution in [1.29, 1.82) is 0 Å². The van der Waals surface area contributed by atoms with Crippen LogP contribution in [0.15, 0.2) is 0 Å². The molecular formula is C15H30N2O3. The number of carboxylic acid groups (broad SMARTS) is 1. The Labute approximate surface area is 122 Å². The minimum atomic E-state index is -0.914. The summed E-state index contributed by atoms with van der Waals surface area (Å²) < 4.78 is 0. The van der Waals surface area contributed by atoms with Crippen molar-refractivity contribution < 1.29 is 14.7 Å². The van der Waals surface area contributed by atoms with Crippen LogP contribution in [-0.4, -0.2) is 35.1 Å². The Bertz CT molecular complexity index is 327. The van der Waals surface area contributed by atoms with E-state index in [0.29, 0.717) is 13.0 Å². The van der Waals surface area contributed by atoms with Gasteiger partial charge in [-0.3, -0.25) is 14.9 Å². The molecule has 1 amide bonds. The minimum absolute atomic E-state index is 0.0868. The van der Waals surface area contributed by atoms with E-state index < -0.39 is 12.0 Å². The second kappa shape index (κ2) is 7.62. The number of carbonyl (C=O) groups is 2.